The number of benzene rings is 1. The van der Waals surface area contributed by atoms with Crippen molar-refractivity contribution in [3.63, 3.8) is 0 Å². The number of carbonyl (C=O) groups is 1. The highest BCUT2D eigenvalue weighted by Crippen LogP contribution is 2.25. The molecule has 4 rings (SSSR count). The highest BCUT2D eigenvalue weighted by molar-refractivity contribution is 7.89. The van der Waals surface area contributed by atoms with Crippen LogP contribution in [0.1, 0.15) is 35.2 Å². The summed E-state index contributed by atoms with van der Waals surface area (Å²) in [5.74, 6) is -0.305. The minimum absolute atomic E-state index is 0.125. The van der Waals surface area contributed by atoms with E-state index >= 15 is 0 Å². The molecule has 0 saturated carbocycles. The molecule has 1 aromatic carbocycles. The number of rotatable bonds is 10. The van der Waals surface area contributed by atoms with Crippen molar-refractivity contribution in [3.05, 3.63) is 66.6 Å². The van der Waals surface area contributed by atoms with Gasteiger partial charge in [0, 0.05) is 61.9 Å². The molecular weight excluding hydrogens is 430 g/mol. The van der Waals surface area contributed by atoms with Gasteiger partial charge < -0.3 is 19.6 Å². The van der Waals surface area contributed by atoms with Crippen molar-refractivity contribution < 1.29 is 17.6 Å². The van der Waals surface area contributed by atoms with Crippen molar-refractivity contribution in [2.24, 2.45) is 0 Å². The predicted molar refractivity (Wildman–Crippen MR) is 120 cm³/mol. The number of amides is 1. The zero-order valence-corrected chi connectivity index (χ0v) is 18.6. The van der Waals surface area contributed by atoms with Crippen LogP contribution in [0.4, 0.5) is 5.69 Å². The van der Waals surface area contributed by atoms with E-state index in [1.807, 2.05) is 16.8 Å². The average Bonchev–Trinajstić information content (AvgIpc) is 3.58. The number of hydrogen-bond acceptors (Lipinski definition) is 6. The third-order valence-corrected chi connectivity index (χ3v) is 7.26. The Morgan fingerprint density at radius 3 is 2.75 bits per heavy atom. The van der Waals surface area contributed by atoms with Crippen molar-refractivity contribution in [1.82, 2.24) is 19.2 Å². The monoisotopic (exact) mass is 457 g/mol. The van der Waals surface area contributed by atoms with Gasteiger partial charge in [-0.15, -0.1) is 0 Å². The summed E-state index contributed by atoms with van der Waals surface area (Å²) < 4.78 is 34.8. The number of nitrogens with zero attached hydrogens (tertiary/aromatic N) is 3. The fourth-order valence-electron chi connectivity index (χ4n) is 3.64. The molecule has 10 heteroatoms. The number of nitrogens with one attached hydrogen (secondary N) is 2. The number of hydrogen-bond donors (Lipinski definition) is 2. The second kappa shape index (κ2) is 10.0. The molecule has 1 saturated heterocycles. The zero-order chi connectivity index (χ0) is 22.4. The maximum Gasteiger partial charge on any atom is 0.251 e. The standard InChI is InChI=1S/C22H27N5O4S/c28-22(24-5-3-7-26-10-6-23-17-26)19-12-20(25-15-18-4-11-31-16-18)14-21(13-19)32(29,30)27-8-1-2-9-27/h4,6,10-14,16-17,25H,1-3,5,7-9,15H2,(H,24,28). The summed E-state index contributed by atoms with van der Waals surface area (Å²) in [5, 5.41) is 6.08. The molecule has 9 nitrogen and oxygen atoms in total. The topological polar surface area (TPSA) is 109 Å². The Labute approximate surface area is 187 Å². The van der Waals surface area contributed by atoms with Gasteiger partial charge in [-0.25, -0.2) is 13.4 Å². The van der Waals surface area contributed by atoms with E-state index < -0.39 is 10.0 Å². The summed E-state index contributed by atoms with van der Waals surface area (Å²) in [4.78, 5) is 16.9. The molecule has 170 valence electrons. The molecule has 3 aromatic rings. The molecule has 2 N–H and O–H groups in total. The van der Waals surface area contributed by atoms with E-state index in [2.05, 4.69) is 15.6 Å². The van der Waals surface area contributed by atoms with Gasteiger partial charge >= 0.3 is 0 Å². The lowest BCUT2D eigenvalue weighted by Crippen LogP contribution is -2.29. The van der Waals surface area contributed by atoms with E-state index in [1.54, 1.807) is 37.2 Å². The van der Waals surface area contributed by atoms with Crippen LogP contribution in [0.2, 0.25) is 0 Å². The second-order valence-corrected chi connectivity index (χ2v) is 9.69. The van der Waals surface area contributed by atoms with Gasteiger partial charge in [0.25, 0.3) is 5.91 Å². The van der Waals surface area contributed by atoms with E-state index in [4.69, 9.17) is 4.42 Å². The van der Waals surface area contributed by atoms with Crippen LogP contribution in [0, 0.1) is 0 Å². The molecule has 32 heavy (non-hydrogen) atoms. The minimum Gasteiger partial charge on any atom is -0.472 e. The Kier molecular flexibility index (Phi) is 6.91. The fourth-order valence-corrected chi connectivity index (χ4v) is 5.23. The summed E-state index contributed by atoms with van der Waals surface area (Å²) >= 11 is 0. The van der Waals surface area contributed by atoms with Crippen molar-refractivity contribution >= 4 is 21.6 Å². The SMILES string of the molecule is O=C(NCCCn1ccnc1)c1cc(NCc2ccoc2)cc(S(=O)(=O)N2CCCC2)c1. The number of imidazole rings is 1. The highest BCUT2D eigenvalue weighted by Gasteiger charge is 2.28. The first kappa shape index (κ1) is 22.1. The summed E-state index contributed by atoms with van der Waals surface area (Å²) in [6.07, 6.45) is 10.9. The lowest BCUT2D eigenvalue weighted by molar-refractivity contribution is 0.0952. The van der Waals surface area contributed by atoms with Gasteiger partial charge in [0.1, 0.15) is 0 Å². The minimum atomic E-state index is -3.66. The van der Waals surface area contributed by atoms with Gasteiger partial charge in [-0.3, -0.25) is 4.79 Å². The maximum atomic E-state index is 13.1. The molecule has 0 radical (unpaired) electrons. The van der Waals surface area contributed by atoms with Crippen LogP contribution in [0.3, 0.4) is 0 Å². The smallest absolute Gasteiger partial charge is 0.251 e. The van der Waals surface area contributed by atoms with E-state index in [1.165, 1.54) is 10.4 Å². The Balaban J connectivity index is 1.49. The number of furan rings is 1. The molecule has 0 aliphatic carbocycles. The van der Waals surface area contributed by atoms with Crippen LogP contribution in [0.25, 0.3) is 0 Å². The number of carbonyl (C=O) groups excluding carboxylic acids is 1. The molecule has 0 unspecified atom stereocenters. The molecule has 1 amide bonds. The maximum absolute atomic E-state index is 13.1. The predicted octanol–water partition coefficient (Wildman–Crippen LogP) is 2.69. The Morgan fingerprint density at radius 2 is 2.03 bits per heavy atom. The normalized spacial score (nSPS) is 14.5. The molecule has 0 spiro atoms. The van der Waals surface area contributed by atoms with Gasteiger partial charge in [0.05, 0.1) is 23.7 Å². The van der Waals surface area contributed by atoms with Gasteiger partial charge in [0.15, 0.2) is 0 Å². The lowest BCUT2D eigenvalue weighted by atomic mass is 10.1. The van der Waals surface area contributed by atoms with Crippen molar-refractivity contribution in [1.29, 1.82) is 0 Å². The number of sulfonamides is 1. The van der Waals surface area contributed by atoms with Crippen LogP contribution in [-0.2, 0) is 23.1 Å². The van der Waals surface area contributed by atoms with Crippen molar-refractivity contribution in [3.8, 4) is 0 Å². The molecule has 2 aromatic heterocycles. The number of anilines is 1. The first-order valence-corrected chi connectivity index (χ1v) is 12.1. The summed E-state index contributed by atoms with van der Waals surface area (Å²) in [7, 11) is -3.66. The Bertz CT molecular complexity index is 1120. The largest absolute Gasteiger partial charge is 0.472 e. The second-order valence-electron chi connectivity index (χ2n) is 7.75. The fraction of sp³-hybridized carbons (Fsp3) is 0.364. The third kappa shape index (κ3) is 5.38. The average molecular weight is 458 g/mol. The molecule has 0 atom stereocenters. The highest BCUT2D eigenvalue weighted by atomic mass is 32.2. The van der Waals surface area contributed by atoms with Crippen molar-refractivity contribution in [2.45, 2.75) is 37.2 Å². The van der Waals surface area contributed by atoms with Crippen LogP contribution in [0.15, 0.2) is 64.8 Å². The van der Waals surface area contributed by atoms with Crippen LogP contribution in [0.5, 0.6) is 0 Å². The van der Waals surface area contributed by atoms with Crippen LogP contribution >= 0.6 is 0 Å². The van der Waals surface area contributed by atoms with Gasteiger partial charge in [0.2, 0.25) is 10.0 Å². The zero-order valence-electron chi connectivity index (χ0n) is 17.7. The summed E-state index contributed by atoms with van der Waals surface area (Å²) in [5.41, 5.74) is 1.79. The molecule has 3 heterocycles. The van der Waals surface area contributed by atoms with E-state index in [0.717, 1.165) is 31.4 Å². The molecular formula is C22H27N5O4S. The number of aryl methyl sites for hydroxylation is 1. The third-order valence-electron chi connectivity index (χ3n) is 5.39. The summed E-state index contributed by atoms with van der Waals surface area (Å²) in [6, 6.07) is 6.55. The Morgan fingerprint density at radius 1 is 1.19 bits per heavy atom. The van der Waals surface area contributed by atoms with Crippen LogP contribution < -0.4 is 10.6 Å². The first-order valence-electron chi connectivity index (χ1n) is 10.7. The summed E-state index contributed by atoms with van der Waals surface area (Å²) in [6.45, 7) is 2.67. The quantitative estimate of drug-likeness (QED) is 0.453. The van der Waals surface area contributed by atoms with E-state index in [9.17, 15) is 13.2 Å². The molecule has 0 bridgehead atoms. The van der Waals surface area contributed by atoms with Crippen LogP contribution in [-0.4, -0.2) is 47.8 Å². The van der Waals surface area contributed by atoms with Gasteiger partial charge in [-0.1, -0.05) is 0 Å². The first-order chi connectivity index (χ1) is 15.5. The number of aromatic nitrogens is 2. The Hall–Kier alpha value is -3.11. The van der Waals surface area contributed by atoms with E-state index in [-0.39, 0.29) is 10.8 Å². The molecule has 1 fully saturated rings. The molecule has 1 aliphatic heterocycles. The van der Waals surface area contributed by atoms with Crippen molar-refractivity contribution in [2.75, 3.05) is 25.0 Å². The van der Waals surface area contributed by atoms with Gasteiger partial charge in [-0.05, 0) is 43.5 Å². The molecule has 1 aliphatic rings. The van der Waals surface area contributed by atoms with E-state index in [0.29, 0.717) is 37.4 Å². The lowest BCUT2D eigenvalue weighted by Gasteiger charge is -2.18. The van der Waals surface area contributed by atoms with Gasteiger partial charge in [-0.2, -0.15) is 4.31 Å².